The van der Waals surface area contributed by atoms with Gasteiger partial charge in [0.2, 0.25) is 0 Å². The fourth-order valence-corrected chi connectivity index (χ4v) is 3.12. The second-order valence-electron chi connectivity index (χ2n) is 5.66. The fourth-order valence-electron chi connectivity index (χ4n) is 3.12. The summed E-state index contributed by atoms with van der Waals surface area (Å²) in [5.41, 5.74) is 6.14. The van der Waals surface area contributed by atoms with Crippen molar-refractivity contribution in [3.63, 3.8) is 0 Å². The van der Waals surface area contributed by atoms with E-state index in [9.17, 15) is 0 Å². The molecule has 1 aliphatic carbocycles. The van der Waals surface area contributed by atoms with Crippen molar-refractivity contribution in [3.05, 3.63) is 0 Å². The number of rotatable bonds is 5. The van der Waals surface area contributed by atoms with E-state index in [-0.39, 0.29) is 5.54 Å². The van der Waals surface area contributed by atoms with Crippen molar-refractivity contribution in [1.29, 1.82) is 0 Å². The molecule has 0 spiro atoms. The summed E-state index contributed by atoms with van der Waals surface area (Å²) in [6.45, 7) is 3.69. The summed E-state index contributed by atoms with van der Waals surface area (Å²) in [6.07, 6.45) is 5.05. The minimum Gasteiger partial charge on any atom is -0.381 e. The summed E-state index contributed by atoms with van der Waals surface area (Å²) < 4.78 is 10.9. The van der Waals surface area contributed by atoms with Crippen LogP contribution < -0.4 is 5.73 Å². The lowest BCUT2D eigenvalue weighted by atomic mass is 9.72. The maximum Gasteiger partial charge on any atom is 0.0607 e. The molecule has 0 amide bonds. The predicted molar refractivity (Wildman–Crippen MR) is 68.0 cm³/mol. The summed E-state index contributed by atoms with van der Waals surface area (Å²) in [5.74, 6) is 0.679. The summed E-state index contributed by atoms with van der Waals surface area (Å²) >= 11 is 0. The highest BCUT2D eigenvalue weighted by molar-refractivity contribution is 5.03. The molecular weight excluding hydrogens is 216 g/mol. The highest BCUT2D eigenvalue weighted by atomic mass is 16.5. The molecule has 2 aliphatic rings. The topological polar surface area (TPSA) is 47.7 Å². The van der Waals surface area contributed by atoms with Gasteiger partial charge in [-0.3, -0.25) is 4.90 Å². The molecule has 1 heterocycles. The predicted octanol–water partition coefficient (Wildman–Crippen LogP) is 0.851. The van der Waals surface area contributed by atoms with Crippen molar-refractivity contribution < 1.29 is 9.47 Å². The second kappa shape index (κ2) is 5.65. The average Bonchev–Trinajstić information content (AvgIpc) is 2.30. The lowest BCUT2D eigenvalue weighted by Gasteiger charge is -2.53. The van der Waals surface area contributed by atoms with Crippen LogP contribution in [-0.4, -0.2) is 57.0 Å². The first kappa shape index (κ1) is 13.3. The van der Waals surface area contributed by atoms with Gasteiger partial charge < -0.3 is 15.2 Å². The minimum atomic E-state index is 0.179. The molecule has 0 aromatic heterocycles. The lowest BCUT2D eigenvalue weighted by Crippen LogP contribution is -2.63. The molecule has 17 heavy (non-hydrogen) atoms. The average molecular weight is 242 g/mol. The number of methoxy groups -OCH3 is 1. The number of nitrogens with two attached hydrogens (primary N) is 1. The number of nitrogens with zero attached hydrogens (tertiary/aromatic N) is 1. The van der Waals surface area contributed by atoms with Crippen LogP contribution in [0.5, 0.6) is 0 Å². The van der Waals surface area contributed by atoms with Gasteiger partial charge in [0.15, 0.2) is 0 Å². The van der Waals surface area contributed by atoms with E-state index in [1.165, 1.54) is 12.8 Å². The quantitative estimate of drug-likeness (QED) is 0.776. The smallest absolute Gasteiger partial charge is 0.0607 e. The van der Waals surface area contributed by atoms with Crippen LogP contribution in [0.25, 0.3) is 0 Å². The molecule has 1 saturated carbocycles. The zero-order valence-electron chi connectivity index (χ0n) is 11.2. The molecule has 1 atom stereocenters. The van der Waals surface area contributed by atoms with Crippen LogP contribution in [-0.2, 0) is 9.47 Å². The molecule has 2 fully saturated rings. The second-order valence-corrected chi connectivity index (χ2v) is 5.66. The number of ether oxygens (including phenoxy) is 2. The molecule has 0 bridgehead atoms. The summed E-state index contributed by atoms with van der Waals surface area (Å²) in [6, 6.07) is 0. The minimum absolute atomic E-state index is 0.179. The van der Waals surface area contributed by atoms with Crippen molar-refractivity contribution >= 4 is 0 Å². The summed E-state index contributed by atoms with van der Waals surface area (Å²) in [5, 5.41) is 0. The van der Waals surface area contributed by atoms with Crippen LogP contribution in [0.1, 0.15) is 25.7 Å². The standard InChI is InChI=1S/C13H26N2O2/c1-15(8-11-4-3-5-17-9-11)13(10-14)6-12(7-13)16-2/h11-12H,3-10,14H2,1-2H3. The molecule has 1 unspecified atom stereocenters. The Morgan fingerprint density at radius 3 is 2.76 bits per heavy atom. The Kier molecular flexibility index (Phi) is 4.42. The monoisotopic (exact) mass is 242 g/mol. The third-order valence-electron chi connectivity index (χ3n) is 4.52. The van der Waals surface area contributed by atoms with Crippen LogP contribution in [0.3, 0.4) is 0 Å². The molecular formula is C13H26N2O2. The highest BCUT2D eigenvalue weighted by Gasteiger charge is 2.46. The molecule has 4 nitrogen and oxygen atoms in total. The number of hydrogen-bond acceptors (Lipinski definition) is 4. The lowest BCUT2D eigenvalue weighted by molar-refractivity contribution is -0.0877. The van der Waals surface area contributed by atoms with Gasteiger partial charge in [0.25, 0.3) is 0 Å². The number of hydrogen-bond donors (Lipinski definition) is 1. The molecule has 0 radical (unpaired) electrons. The van der Waals surface area contributed by atoms with Crippen molar-refractivity contribution in [2.75, 3.05) is 40.5 Å². The van der Waals surface area contributed by atoms with Gasteiger partial charge in [-0.05, 0) is 38.6 Å². The van der Waals surface area contributed by atoms with Gasteiger partial charge in [-0.15, -0.1) is 0 Å². The van der Waals surface area contributed by atoms with Gasteiger partial charge in [-0.25, -0.2) is 0 Å². The molecule has 2 N–H and O–H groups in total. The van der Waals surface area contributed by atoms with Crippen LogP contribution in [0, 0.1) is 5.92 Å². The largest absolute Gasteiger partial charge is 0.381 e. The highest BCUT2D eigenvalue weighted by Crippen LogP contribution is 2.38. The summed E-state index contributed by atoms with van der Waals surface area (Å²) in [4.78, 5) is 2.45. The Bertz CT molecular complexity index is 236. The first-order chi connectivity index (χ1) is 8.20. The van der Waals surface area contributed by atoms with E-state index in [0.29, 0.717) is 12.0 Å². The molecule has 4 heteroatoms. The Morgan fingerprint density at radius 1 is 1.47 bits per heavy atom. The Labute approximate surface area is 104 Å². The molecule has 100 valence electrons. The first-order valence-electron chi connectivity index (χ1n) is 6.72. The Balaban J connectivity index is 1.83. The molecule has 1 aliphatic heterocycles. The molecule has 1 saturated heterocycles. The van der Waals surface area contributed by atoms with Gasteiger partial charge in [-0.1, -0.05) is 0 Å². The normalized spacial score (nSPS) is 38.1. The molecule has 0 aromatic carbocycles. The van der Waals surface area contributed by atoms with E-state index >= 15 is 0 Å². The SMILES string of the molecule is COC1CC(CN)(N(C)CC2CCCOC2)C1. The summed E-state index contributed by atoms with van der Waals surface area (Å²) in [7, 11) is 3.99. The Hall–Kier alpha value is -0.160. The van der Waals surface area contributed by atoms with Crippen LogP contribution in [0.15, 0.2) is 0 Å². The van der Waals surface area contributed by atoms with Crippen molar-refractivity contribution in [3.8, 4) is 0 Å². The zero-order chi connectivity index (χ0) is 12.3. The van der Waals surface area contributed by atoms with Crippen LogP contribution >= 0.6 is 0 Å². The van der Waals surface area contributed by atoms with Gasteiger partial charge in [0.1, 0.15) is 0 Å². The van der Waals surface area contributed by atoms with Gasteiger partial charge in [0, 0.05) is 32.3 Å². The molecule has 0 aromatic rings. The van der Waals surface area contributed by atoms with Crippen LogP contribution in [0.4, 0.5) is 0 Å². The first-order valence-corrected chi connectivity index (χ1v) is 6.72. The van der Waals surface area contributed by atoms with Crippen LogP contribution in [0.2, 0.25) is 0 Å². The van der Waals surface area contributed by atoms with E-state index in [1.54, 1.807) is 7.11 Å². The van der Waals surface area contributed by atoms with Gasteiger partial charge in [-0.2, -0.15) is 0 Å². The van der Waals surface area contributed by atoms with E-state index in [2.05, 4.69) is 11.9 Å². The maximum absolute atomic E-state index is 5.96. The fraction of sp³-hybridized carbons (Fsp3) is 1.00. The van der Waals surface area contributed by atoms with E-state index in [0.717, 1.165) is 39.1 Å². The Morgan fingerprint density at radius 2 is 2.24 bits per heavy atom. The molecule has 2 rings (SSSR count). The van der Waals surface area contributed by atoms with Crippen molar-refractivity contribution in [2.24, 2.45) is 11.7 Å². The van der Waals surface area contributed by atoms with Gasteiger partial charge >= 0.3 is 0 Å². The van der Waals surface area contributed by atoms with Crippen molar-refractivity contribution in [2.45, 2.75) is 37.3 Å². The van der Waals surface area contributed by atoms with E-state index in [1.807, 2.05) is 0 Å². The maximum atomic E-state index is 5.96. The number of likely N-dealkylation sites (N-methyl/N-ethyl adjacent to an activating group) is 1. The third-order valence-corrected chi connectivity index (χ3v) is 4.52. The third kappa shape index (κ3) is 2.81. The van der Waals surface area contributed by atoms with Gasteiger partial charge in [0.05, 0.1) is 12.7 Å². The van der Waals surface area contributed by atoms with Crippen molar-refractivity contribution in [1.82, 2.24) is 4.90 Å². The van der Waals surface area contributed by atoms with E-state index in [4.69, 9.17) is 15.2 Å². The zero-order valence-corrected chi connectivity index (χ0v) is 11.2. The van der Waals surface area contributed by atoms with E-state index < -0.39 is 0 Å².